The summed E-state index contributed by atoms with van der Waals surface area (Å²) in [5, 5.41) is 0. The largest absolute Gasteiger partial charge is 0.489 e. The Morgan fingerprint density at radius 3 is 2.55 bits per heavy atom. The van der Waals surface area contributed by atoms with Crippen LogP contribution in [0.5, 0.6) is 11.5 Å². The minimum Gasteiger partial charge on any atom is -0.489 e. The molecule has 1 saturated carbocycles. The Bertz CT molecular complexity index is 588. The highest BCUT2D eigenvalue weighted by Crippen LogP contribution is 2.39. The minimum atomic E-state index is -2.61. The summed E-state index contributed by atoms with van der Waals surface area (Å²) in [6.07, 6.45) is -0.189. The van der Waals surface area contributed by atoms with Crippen LogP contribution in [0.3, 0.4) is 0 Å². The van der Waals surface area contributed by atoms with E-state index in [2.05, 4.69) is 0 Å². The molecule has 0 aromatic heterocycles. The van der Waals surface area contributed by atoms with E-state index in [1.165, 1.54) is 0 Å². The number of hydrogen-bond donors (Lipinski definition) is 0. The third-order valence-electron chi connectivity index (χ3n) is 3.84. The lowest BCUT2D eigenvalue weighted by Gasteiger charge is -2.33. The van der Waals surface area contributed by atoms with Crippen LogP contribution in [0.1, 0.15) is 49.9 Å². The van der Waals surface area contributed by atoms with E-state index in [1.807, 2.05) is 0 Å². The average molecular weight is 312 g/mol. The summed E-state index contributed by atoms with van der Waals surface area (Å²) >= 11 is 0. The molecule has 0 N–H and O–H groups in total. The van der Waals surface area contributed by atoms with Crippen molar-refractivity contribution >= 4 is 5.97 Å². The summed E-state index contributed by atoms with van der Waals surface area (Å²) in [5.74, 6) is -3.45. The standard InChI is InChI=1S/C16H18F2O4/c1-15(2)21-12-5-3-4-11(13(12)14(19)22-15)20-10-6-8-16(17,18)9-7-10/h3-5,10H,6-9H2,1-2H3. The van der Waals surface area contributed by atoms with Gasteiger partial charge in [-0.1, -0.05) is 6.07 Å². The second kappa shape index (κ2) is 5.11. The fraction of sp³-hybridized carbons (Fsp3) is 0.562. The van der Waals surface area contributed by atoms with Gasteiger partial charge in [0.05, 0.1) is 6.10 Å². The summed E-state index contributed by atoms with van der Waals surface area (Å²) in [6, 6.07) is 5.01. The highest BCUT2D eigenvalue weighted by Gasteiger charge is 2.38. The SMILES string of the molecule is CC1(C)OC(=O)c2c(OC3CCC(F)(F)CC3)cccc2O1. The van der Waals surface area contributed by atoms with Gasteiger partial charge in [-0.15, -0.1) is 0 Å². The maximum Gasteiger partial charge on any atom is 0.349 e. The van der Waals surface area contributed by atoms with E-state index in [0.29, 0.717) is 11.5 Å². The molecule has 1 aromatic carbocycles. The number of rotatable bonds is 2. The smallest absolute Gasteiger partial charge is 0.349 e. The molecule has 0 amide bonds. The molecule has 120 valence electrons. The van der Waals surface area contributed by atoms with Gasteiger partial charge in [-0.3, -0.25) is 0 Å². The zero-order chi connectivity index (χ0) is 16.0. The van der Waals surface area contributed by atoms with Gasteiger partial charge in [-0.25, -0.2) is 13.6 Å². The summed E-state index contributed by atoms with van der Waals surface area (Å²) in [7, 11) is 0. The van der Waals surface area contributed by atoms with Crippen molar-refractivity contribution < 1.29 is 27.8 Å². The summed E-state index contributed by atoms with van der Waals surface area (Å²) in [4.78, 5) is 12.2. The van der Waals surface area contributed by atoms with E-state index in [4.69, 9.17) is 14.2 Å². The fourth-order valence-electron chi connectivity index (χ4n) is 2.77. The third-order valence-corrected chi connectivity index (χ3v) is 3.84. The van der Waals surface area contributed by atoms with Crippen molar-refractivity contribution in [1.82, 2.24) is 0 Å². The zero-order valence-corrected chi connectivity index (χ0v) is 12.5. The molecular formula is C16H18F2O4. The van der Waals surface area contributed by atoms with Crippen molar-refractivity contribution in [2.75, 3.05) is 0 Å². The Balaban J connectivity index is 1.80. The average Bonchev–Trinajstić information content (AvgIpc) is 2.39. The fourth-order valence-corrected chi connectivity index (χ4v) is 2.77. The number of fused-ring (bicyclic) bond motifs is 1. The number of cyclic esters (lactones) is 1. The van der Waals surface area contributed by atoms with E-state index in [9.17, 15) is 13.6 Å². The molecule has 0 saturated heterocycles. The van der Waals surface area contributed by atoms with Crippen LogP contribution in [0.25, 0.3) is 0 Å². The van der Waals surface area contributed by atoms with Gasteiger partial charge in [0.25, 0.3) is 0 Å². The second-order valence-corrected chi connectivity index (χ2v) is 6.19. The summed E-state index contributed by atoms with van der Waals surface area (Å²) in [5.41, 5.74) is 0.221. The van der Waals surface area contributed by atoms with E-state index in [1.54, 1.807) is 32.0 Å². The van der Waals surface area contributed by atoms with Gasteiger partial charge in [-0.2, -0.15) is 0 Å². The Hall–Kier alpha value is -1.85. The first kappa shape index (κ1) is 15.1. The number of benzene rings is 1. The number of carbonyl (C=O) groups is 1. The van der Waals surface area contributed by atoms with Gasteiger partial charge >= 0.3 is 5.97 Å². The maximum absolute atomic E-state index is 13.2. The Labute approximate surface area is 127 Å². The van der Waals surface area contributed by atoms with Crippen molar-refractivity contribution in [3.63, 3.8) is 0 Å². The van der Waals surface area contributed by atoms with Gasteiger partial charge in [0.2, 0.25) is 11.7 Å². The number of halogens is 2. The molecule has 1 aromatic rings. The lowest BCUT2D eigenvalue weighted by Crippen LogP contribution is -2.39. The van der Waals surface area contributed by atoms with E-state index >= 15 is 0 Å². The van der Waals surface area contributed by atoms with Crippen LogP contribution < -0.4 is 9.47 Å². The van der Waals surface area contributed by atoms with Gasteiger partial charge in [0.1, 0.15) is 17.1 Å². The van der Waals surface area contributed by atoms with Crippen LogP contribution in [0.15, 0.2) is 18.2 Å². The molecule has 3 rings (SSSR count). The van der Waals surface area contributed by atoms with E-state index in [-0.39, 0.29) is 37.4 Å². The van der Waals surface area contributed by atoms with Crippen LogP contribution in [-0.2, 0) is 4.74 Å². The number of esters is 1. The molecule has 0 atom stereocenters. The molecule has 2 aliphatic rings. The maximum atomic E-state index is 13.2. The zero-order valence-electron chi connectivity index (χ0n) is 12.5. The van der Waals surface area contributed by atoms with Gasteiger partial charge < -0.3 is 14.2 Å². The normalized spacial score (nSPS) is 23.2. The number of hydrogen-bond acceptors (Lipinski definition) is 4. The Morgan fingerprint density at radius 2 is 1.86 bits per heavy atom. The van der Waals surface area contributed by atoms with Gasteiger partial charge in [0.15, 0.2) is 0 Å². The first-order valence-corrected chi connectivity index (χ1v) is 7.36. The first-order valence-electron chi connectivity index (χ1n) is 7.36. The predicted octanol–water partition coefficient (Wildman–Crippen LogP) is 3.93. The van der Waals surface area contributed by atoms with Gasteiger partial charge in [-0.05, 0) is 25.0 Å². The van der Waals surface area contributed by atoms with Crippen molar-refractivity contribution in [1.29, 1.82) is 0 Å². The van der Waals surface area contributed by atoms with Gasteiger partial charge in [0, 0.05) is 26.7 Å². The molecule has 1 fully saturated rings. The quantitative estimate of drug-likeness (QED) is 0.776. The first-order chi connectivity index (χ1) is 10.3. The van der Waals surface area contributed by atoms with E-state index in [0.717, 1.165) is 0 Å². The molecule has 0 bridgehead atoms. The van der Waals surface area contributed by atoms with Crippen molar-refractivity contribution in [3.8, 4) is 11.5 Å². The number of alkyl halides is 2. The van der Waals surface area contributed by atoms with E-state index < -0.39 is 17.7 Å². The molecule has 22 heavy (non-hydrogen) atoms. The lowest BCUT2D eigenvalue weighted by molar-refractivity contribution is -0.128. The van der Waals surface area contributed by atoms with Crippen LogP contribution in [-0.4, -0.2) is 23.8 Å². The molecule has 1 aliphatic heterocycles. The molecule has 0 spiro atoms. The minimum absolute atomic E-state index is 0.194. The van der Waals surface area contributed by atoms with Crippen molar-refractivity contribution in [3.05, 3.63) is 23.8 Å². The molecule has 6 heteroatoms. The van der Waals surface area contributed by atoms with Crippen molar-refractivity contribution in [2.45, 2.75) is 57.3 Å². The highest BCUT2D eigenvalue weighted by atomic mass is 19.3. The molecule has 1 aliphatic carbocycles. The molecule has 0 unspecified atom stereocenters. The molecular weight excluding hydrogens is 294 g/mol. The van der Waals surface area contributed by atoms with Crippen LogP contribution in [0.4, 0.5) is 8.78 Å². The van der Waals surface area contributed by atoms with Crippen LogP contribution in [0.2, 0.25) is 0 Å². The third kappa shape index (κ3) is 3.00. The molecule has 0 radical (unpaired) electrons. The number of carbonyl (C=O) groups excluding carboxylic acids is 1. The highest BCUT2D eigenvalue weighted by molar-refractivity contribution is 5.96. The van der Waals surface area contributed by atoms with Crippen molar-refractivity contribution in [2.24, 2.45) is 0 Å². The van der Waals surface area contributed by atoms with Crippen LogP contribution >= 0.6 is 0 Å². The topological polar surface area (TPSA) is 44.8 Å². The summed E-state index contributed by atoms with van der Waals surface area (Å²) < 4.78 is 43.0. The predicted molar refractivity (Wildman–Crippen MR) is 74.4 cm³/mol. The Kier molecular flexibility index (Phi) is 3.50. The Morgan fingerprint density at radius 1 is 1.18 bits per heavy atom. The lowest BCUT2D eigenvalue weighted by atomic mass is 9.94. The summed E-state index contributed by atoms with van der Waals surface area (Å²) in [6.45, 7) is 3.29. The molecule has 1 heterocycles. The molecule has 4 nitrogen and oxygen atoms in total. The second-order valence-electron chi connectivity index (χ2n) is 6.19. The van der Waals surface area contributed by atoms with Crippen LogP contribution in [0, 0.1) is 0 Å². The number of ether oxygens (including phenoxy) is 3. The monoisotopic (exact) mass is 312 g/mol.